The quantitative estimate of drug-likeness (QED) is 0.203. The van der Waals surface area contributed by atoms with Crippen LogP contribution in [0.15, 0.2) is 0 Å². The van der Waals surface area contributed by atoms with E-state index in [4.69, 9.17) is 14.2 Å². The molecule has 0 aromatic heterocycles. The van der Waals surface area contributed by atoms with E-state index >= 15 is 0 Å². The monoisotopic (exact) mass is 465 g/mol. The molecule has 0 radical (unpaired) electrons. The summed E-state index contributed by atoms with van der Waals surface area (Å²) >= 11 is 0. The van der Waals surface area contributed by atoms with Crippen LogP contribution in [-0.4, -0.2) is 55.9 Å². The van der Waals surface area contributed by atoms with Gasteiger partial charge in [0, 0.05) is 0 Å². The van der Waals surface area contributed by atoms with Crippen LogP contribution in [-0.2, 0) is 38.7 Å². The molecule has 0 aliphatic carbocycles. The Kier molecular flexibility index (Phi) is 13.6. The van der Waals surface area contributed by atoms with Crippen molar-refractivity contribution in [3.63, 3.8) is 0 Å². The Labute approximate surface area is 185 Å². The predicted octanol–water partition coefficient (Wildman–Crippen LogP) is 2.67. The largest absolute Gasteiger partial charge is 0.747 e. The molecular formula is C21H37O9S-. The van der Waals surface area contributed by atoms with Crippen molar-refractivity contribution in [2.75, 3.05) is 19.8 Å². The second kappa shape index (κ2) is 14.4. The molecule has 0 aromatic carbocycles. The summed E-state index contributed by atoms with van der Waals surface area (Å²) in [5.74, 6) is -5.27. The predicted molar refractivity (Wildman–Crippen MR) is 113 cm³/mol. The molecule has 10 heteroatoms. The van der Waals surface area contributed by atoms with Gasteiger partial charge in [0.05, 0.1) is 32.2 Å². The van der Waals surface area contributed by atoms with Crippen molar-refractivity contribution in [3.8, 4) is 0 Å². The van der Waals surface area contributed by atoms with E-state index in [1.54, 1.807) is 6.92 Å². The number of rotatable bonds is 15. The molecule has 0 amide bonds. The summed E-state index contributed by atoms with van der Waals surface area (Å²) < 4.78 is 50.9. The molecule has 5 unspecified atom stereocenters. The Bertz CT molecular complexity index is 674. The molecule has 5 atom stereocenters. The van der Waals surface area contributed by atoms with Crippen molar-refractivity contribution in [3.05, 3.63) is 0 Å². The third kappa shape index (κ3) is 11.5. The van der Waals surface area contributed by atoms with Crippen LogP contribution in [0.25, 0.3) is 0 Å². The zero-order valence-electron chi connectivity index (χ0n) is 19.4. The maximum atomic E-state index is 12.6. The van der Waals surface area contributed by atoms with E-state index in [1.165, 1.54) is 0 Å². The maximum Gasteiger partial charge on any atom is 0.324 e. The molecule has 182 valence electrons. The Morgan fingerprint density at radius 2 is 1.13 bits per heavy atom. The van der Waals surface area contributed by atoms with Crippen LogP contribution >= 0.6 is 0 Å². The first-order valence-corrected chi connectivity index (χ1v) is 12.3. The van der Waals surface area contributed by atoms with E-state index in [0.717, 1.165) is 6.42 Å². The van der Waals surface area contributed by atoms with Gasteiger partial charge in [-0.2, -0.15) is 0 Å². The van der Waals surface area contributed by atoms with Crippen LogP contribution in [0.2, 0.25) is 0 Å². The molecule has 9 nitrogen and oxygen atoms in total. The average Bonchev–Trinajstić information content (AvgIpc) is 2.71. The molecule has 0 saturated heterocycles. The first-order valence-electron chi connectivity index (χ1n) is 10.8. The molecule has 0 saturated carbocycles. The van der Waals surface area contributed by atoms with Gasteiger partial charge >= 0.3 is 17.9 Å². The molecule has 31 heavy (non-hydrogen) atoms. The highest BCUT2D eigenvalue weighted by molar-refractivity contribution is 7.87. The lowest BCUT2D eigenvalue weighted by Crippen LogP contribution is -2.44. The first-order chi connectivity index (χ1) is 14.4. The summed E-state index contributed by atoms with van der Waals surface area (Å²) in [5, 5.41) is -2.39. The normalized spacial score (nSPS) is 16.5. The zero-order chi connectivity index (χ0) is 24.2. The number of carbonyl (C=O) groups excluding carboxylic acids is 3. The SMILES string of the molecule is CCC(C)COC(=O)CC(C(=O)OCC(C)CC)C(C(=O)OCC(C)CC)S(=O)(=O)[O-]. The number of hydrogen-bond donors (Lipinski definition) is 0. The molecule has 0 aliphatic heterocycles. The summed E-state index contributed by atoms with van der Waals surface area (Å²) in [5.41, 5.74) is 0. The number of hydrogen-bond acceptors (Lipinski definition) is 9. The van der Waals surface area contributed by atoms with Crippen LogP contribution < -0.4 is 0 Å². The van der Waals surface area contributed by atoms with Crippen molar-refractivity contribution in [1.82, 2.24) is 0 Å². The minimum atomic E-state index is -5.32. The Morgan fingerprint density at radius 1 is 0.742 bits per heavy atom. The lowest BCUT2D eigenvalue weighted by Gasteiger charge is -2.27. The van der Waals surface area contributed by atoms with Gasteiger partial charge < -0.3 is 18.8 Å². The fraction of sp³-hybridized carbons (Fsp3) is 0.857. The molecule has 0 spiro atoms. The second-order valence-electron chi connectivity index (χ2n) is 8.21. The standard InChI is InChI=1S/C21H38O9S/c1-7-14(4)11-28-18(22)10-17(20(23)29-12-15(5)8-2)19(31(25,26)27)21(24)30-13-16(6)9-3/h14-17,19H,7-13H2,1-6H3,(H,25,26,27)/p-1. The molecule has 0 N–H and O–H groups in total. The highest BCUT2D eigenvalue weighted by atomic mass is 32.2. The summed E-state index contributed by atoms with van der Waals surface area (Å²) in [6.07, 6.45) is 1.31. The smallest absolute Gasteiger partial charge is 0.324 e. The number of carbonyl (C=O) groups is 3. The van der Waals surface area contributed by atoms with Gasteiger partial charge in [-0.15, -0.1) is 0 Å². The minimum absolute atomic E-state index is 0.0263. The fourth-order valence-electron chi connectivity index (χ4n) is 2.26. The van der Waals surface area contributed by atoms with Gasteiger partial charge in [0.2, 0.25) is 0 Å². The van der Waals surface area contributed by atoms with E-state index in [9.17, 15) is 27.4 Å². The molecule has 0 rings (SSSR count). The highest BCUT2D eigenvalue weighted by Crippen LogP contribution is 2.22. The summed E-state index contributed by atoms with van der Waals surface area (Å²) in [6, 6.07) is 0. The summed E-state index contributed by atoms with van der Waals surface area (Å²) in [4.78, 5) is 37.4. The van der Waals surface area contributed by atoms with Crippen LogP contribution in [0.5, 0.6) is 0 Å². The van der Waals surface area contributed by atoms with Gasteiger partial charge in [-0.3, -0.25) is 14.4 Å². The van der Waals surface area contributed by atoms with Crippen LogP contribution in [0, 0.1) is 23.7 Å². The maximum absolute atomic E-state index is 12.6. The van der Waals surface area contributed by atoms with Gasteiger partial charge in [-0.25, -0.2) is 8.42 Å². The molecule has 0 aliphatic rings. The first kappa shape index (κ1) is 29.3. The van der Waals surface area contributed by atoms with Crippen LogP contribution in [0.1, 0.15) is 67.2 Å². The van der Waals surface area contributed by atoms with Crippen LogP contribution in [0.3, 0.4) is 0 Å². The molecular weight excluding hydrogens is 428 g/mol. The molecule has 0 fully saturated rings. The van der Waals surface area contributed by atoms with Gasteiger partial charge in [0.15, 0.2) is 5.25 Å². The van der Waals surface area contributed by atoms with Crippen molar-refractivity contribution in [2.45, 2.75) is 72.5 Å². The van der Waals surface area contributed by atoms with E-state index in [0.29, 0.717) is 12.8 Å². The van der Waals surface area contributed by atoms with E-state index in [2.05, 4.69) is 0 Å². The minimum Gasteiger partial charge on any atom is -0.747 e. The van der Waals surface area contributed by atoms with E-state index < -0.39 is 45.6 Å². The Morgan fingerprint density at radius 3 is 1.52 bits per heavy atom. The van der Waals surface area contributed by atoms with Gasteiger partial charge in [0.25, 0.3) is 0 Å². The Hall–Kier alpha value is -1.68. The molecule has 0 bridgehead atoms. The van der Waals surface area contributed by atoms with Crippen molar-refractivity contribution in [2.24, 2.45) is 23.7 Å². The van der Waals surface area contributed by atoms with Crippen LogP contribution in [0.4, 0.5) is 0 Å². The van der Waals surface area contributed by atoms with Crippen molar-refractivity contribution >= 4 is 28.0 Å². The third-order valence-electron chi connectivity index (χ3n) is 5.24. The second-order valence-corrected chi connectivity index (χ2v) is 9.70. The van der Waals surface area contributed by atoms with Crippen molar-refractivity contribution in [1.29, 1.82) is 0 Å². The van der Waals surface area contributed by atoms with Crippen molar-refractivity contribution < 1.29 is 41.6 Å². The van der Waals surface area contributed by atoms with E-state index in [1.807, 2.05) is 34.6 Å². The lowest BCUT2D eigenvalue weighted by atomic mass is 10.0. The summed E-state index contributed by atoms with van der Waals surface area (Å²) in [7, 11) is -5.32. The van der Waals surface area contributed by atoms with Gasteiger partial charge in [-0.1, -0.05) is 60.8 Å². The summed E-state index contributed by atoms with van der Waals surface area (Å²) in [6.45, 7) is 11.0. The lowest BCUT2D eigenvalue weighted by molar-refractivity contribution is -0.160. The third-order valence-corrected chi connectivity index (χ3v) is 6.38. The average molecular weight is 466 g/mol. The topological polar surface area (TPSA) is 136 Å². The molecule has 0 heterocycles. The Balaban J connectivity index is 5.69. The number of esters is 3. The van der Waals surface area contributed by atoms with Gasteiger partial charge in [-0.05, 0) is 17.8 Å². The number of ether oxygens (including phenoxy) is 3. The molecule has 0 aromatic rings. The highest BCUT2D eigenvalue weighted by Gasteiger charge is 2.43. The van der Waals surface area contributed by atoms with E-state index in [-0.39, 0.29) is 37.6 Å². The zero-order valence-corrected chi connectivity index (χ0v) is 20.2. The fourth-order valence-corrected chi connectivity index (χ4v) is 3.18. The van der Waals surface area contributed by atoms with Gasteiger partial charge in [0.1, 0.15) is 10.1 Å².